The molecule has 1 aliphatic carbocycles. The largest absolute Gasteiger partial charge is 0.356 e. The highest BCUT2D eigenvalue weighted by molar-refractivity contribution is 5.81. The van der Waals surface area contributed by atoms with Crippen LogP contribution in [0.15, 0.2) is 0 Å². The molecule has 0 atom stereocenters. The summed E-state index contributed by atoms with van der Waals surface area (Å²) in [5, 5.41) is 5.60. The summed E-state index contributed by atoms with van der Waals surface area (Å²) in [4.78, 5) is 22.7. The first-order valence-electron chi connectivity index (χ1n) is 6.22. The molecule has 2 amide bonds. The highest BCUT2D eigenvalue weighted by Crippen LogP contribution is 2.28. The summed E-state index contributed by atoms with van der Waals surface area (Å²) in [6.07, 6.45) is 3.13. The molecule has 0 radical (unpaired) electrons. The van der Waals surface area contributed by atoms with Crippen LogP contribution in [0.5, 0.6) is 0 Å². The second-order valence-electron chi connectivity index (χ2n) is 5.43. The van der Waals surface area contributed by atoms with Crippen LogP contribution in [0.2, 0.25) is 0 Å². The highest BCUT2D eigenvalue weighted by Gasteiger charge is 2.28. The number of nitrogens with two attached hydrogens (primary N) is 1. The van der Waals surface area contributed by atoms with E-state index in [1.807, 2.05) is 13.8 Å². The Balaban J connectivity index is 1.98. The molecule has 1 rings (SSSR count). The topological polar surface area (TPSA) is 84.2 Å². The third-order valence-electron chi connectivity index (χ3n) is 2.57. The molecular weight excluding hydrogens is 218 g/mol. The molecule has 0 aromatic carbocycles. The molecule has 98 valence electrons. The number of amides is 2. The average Bonchev–Trinajstić information content (AvgIpc) is 3.03. The third-order valence-corrected chi connectivity index (χ3v) is 2.57. The summed E-state index contributed by atoms with van der Waals surface area (Å²) in [6, 6.07) is 0. The number of hydrogen-bond donors (Lipinski definition) is 3. The van der Waals surface area contributed by atoms with E-state index in [9.17, 15) is 9.59 Å². The predicted molar refractivity (Wildman–Crippen MR) is 66.2 cm³/mol. The number of hydrogen-bond acceptors (Lipinski definition) is 3. The molecule has 0 unspecified atom stereocenters. The van der Waals surface area contributed by atoms with Crippen molar-refractivity contribution < 1.29 is 9.59 Å². The van der Waals surface area contributed by atoms with Crippen molar-refractivity contribution in [1.29, 1.82) is 0 Å². The molecule has 0 bridgehead atoms. The molecule has 0 spiro atoms. The zero-order valence-corrected chi connectivity index (χ0v) is 10.7. The fraction of sp³-hybridized carbons (Fsp3) is 0.833. The molecule has 1 saturated carbocycles. The summed E-state index contributed by atoms with van der Waals surface area (Å²) >= 11 is 0. The van der Waals surface area contributed by atoms with Crippen molar-refractivity contribution >= 4 is 11.8 Å². The van der Waals surface area contributed by atoms with Crippen molar-refractivity contribution in [2.75, 3.05) is 13.1 Å². The standard InChI is InChI=1S/C12H23N3O2/c1-12(2,13)8-15-10(16)4-3-7-14-11(17)9-5-6-9/h9H,3-8,13H2,1-2H3,(H,14,17)(H,15,16). The number of rotatable bonds is 7. The van der Waals surface area contributed by atoms with Gasteiger partial charge in [-0.25, -0.2) is 0 Å². The van der Waals surface area contributed by atoms with Crippen LogP contribution in [0.4, 0.5) is 0 Å². The van der Waals surface area contributed by atoms with Gasteiger partial charge in [0.2, 0.25) is 11.8 Å². The van der Waals surface area contributed by atoms with Crippen LogP contribution in [0, 0.1) is 5.92 Å². The van der Waals surface area contributed by atoms with Gasteiger partial charge in [0.1, 0.15) is 0 Å². The first kappa shape index (κ1) is 14.0. The van der Waals surface area contributed by atoms with Gasteiger partial charge in [-0.1, -0.05) is 0 Å². The summed E-state index contributed by atoms with van der Waals surface area (Å²) in [5.74, 6) is 0.361. The molecule has 0 saturated heterocycles. The van der Waals surface area contributed by atoms with Crippen molar-refractivity contribution in [2.24, 2.45) is 11.7 Å². The van der Waals surface area contributed by atoms with Gasteiger partial charge in [0.15, 0.2) is 0 Å². The lowest BCUT2D eigenvalue weighted by Gasteiger charge is -2.18. The lowest BCUT2D eigenvalue weighted by molar-refractivity contribution is -0.123. The van der Waals surface area contributed by atoms with E-state index in [0.29, 0.717) is 25.9 Å². The lowest BCUT2D eigenvalue weighted by atomic mass is 10.1. The van der Waals surface area contributed by atoms with Gasteiger partial charge < -0.3 is 16.4 Å². The average molecular weight is 241 g/mol. The summed E-state index contributed by atoms with van der Waals surface area (Å²) < 4.78 is 0. The van der Waals surface area contributed by atoms with Crippen molar-refractivity contribution in [2.45, 2.75) is 45.1 Å². The van der Waals surface area contributed by atoms with E-state index in [1.54, 1.807) is 0 Å². The Morgan fingerprint density at radius 2 is 1.94 bits per heavy atom. The molecule has 1 aliphatic rings. The molecule has 1 fully saturated rings. The maximum Gasteiger partial charge on any atom is 0.223 e. The zero-order valence-electron chi connectivity index (χ0n) is 10.7. The Morgan fingerprint density at radius 3 is 2.47 bits per heavy atom. The van der Waals surface area contributed by atoms with Crippen molar-refractivity contribution in [3.8, 4) is 0 Å². The minimum Gasteiger partial charge on any atom is -0.356 e. The molecule has 0 aromatic rings. The van der Waals surface area contributed by atoms with Gasteiger partial charge in [0.25, 0.3) is 0 Å². The van der Waals surface area contributed by atoms with E-state index >= 15 is 0 Å². The predicted octanol–water partition coefficient (Wildman–Crippen LogP) is 0.146. The van der Waals surface area contributed by atoms with Gasteiger partial charge >= 0.3 is 0 Å². The van der Waals surface area contributed by atoms with E-state index in [-0.39, 0.29) is 23.3 Å². The maximum absolute atomic E-state index is 11.4. The Kier molecular flexibility index (Phi) is 4.93. The monoisotopic (exact) mass is 241 g/mol. The zero-order chi connectivity index (χ0) is 12.9. The number of nitrogens with one attached hydrogen (secondary N) is 2. The fourth-order valence-electron chi connectivity index (χ4n) is 1.37. The minimum atomic E-state index is -0.379. The van der Waals surface area contributed by atoms with Gasteiger partial charge in [-0.2, -0.15) is 0 Å². The molecule has 4 N–H and O–H groups in total. The van der Waals surface area contributed by atoms with Gasteiger partial charge in [0, 0.05) is 31.0 Å². The smallest absolute Gasteiger partial charge is 0.223 e. The van der Waals surface area contributed by atoms with E-state index in [1.165, 1.54) is 0 Å². The second-order valence-corrected chi connectivity index (χ2v) is 5.43. The van der Waals surface area contributed by atoms with E-state index in [2.05, 4.69) is 10.6 Å². The molecule has 17 heavy (non-hydrogen) atoms. The van der Waals surface area contributed by atoms with Crippen LogP contribution >= 0.6 is 0 Å². The first-order valence-corrected chi connectivity index (χ1v) is 6.22. The van der Waals surface area contributed by atoms with Crippen molar-refractivity contribution in [3.05, 3.63) is 0 Å². The van der Waals surface area contributed by atoms with Crippen LogP contribution in [0.1, 0.15) is 39.5 Å². The first-order chi connectivity index (χ1) is 7.88. The van der Waals surface area contributed by atoms with Crippen LogP contribution < -0.4 is 16.4 Å². The highest BCUT2D eigenvalue weighted by atomic mass is 16.2. The Bertz CT molecular complexity index is 280. The van der Waals surface area contributed by atoms with E-state index in [4.69, 9.17) is 5.73 Å². The van der Waals surface area contributed by atoms with Crippen LogP contribution in [0.3, 0.4) is 0 Å². The second kappa shape index (κ2) is 6.00. The summed E-state index contributed by atoms with van der Waals surface area (Å²) in [7, 11) is 0. The SMILES string of the molecule is CC(C)(N)CNC(=O)CCCNC(=O)C1CC1. The normalized spacial score (nSPS) is 15.5. The molecule has 0 aliphatic heterocycles. The lowest BCUT2D eigenvalue weighted by Crippen LogP contribution is -2.45. The maximum atomic E-state index is 11.4. The van der Waals surface area contributed by atoms with Crippen LogP contribution in [0.25, 0.3) is 0 Å². The van der Waals surface area contributed by atoms with Crippen LogP contribution in [-0.2, 0) is 9.59 Å². The van der Waals surface area contributed by atoms with Crippen LogP contribution in [-0.4, -0.2) is 30.4 Å². The Labute approximate surface area is 103 Å². The van der Waals surface area contributed by atoms with E-state index in [0.717, 1.165) is 12.8 Å². The molecular formula is C12H23N3O2. The van der Waals surface area contributed by atoms with Gasteiger partial charge in [-0.3, -0.25) is 9.59 Å². The fourth-order valence-corrected chi connectivity index (χ4v) is 1.37. The molecule has 0 aromatic heterocycles. The van der Waals surface area contributed by atoms with Gasteiger partial charge in [0.05, 0.1) is 0 Å². The molecule has 5 heteroatoms. The summed E-state index contributed by atoms with van der Waals surface area (Å²) in [5.41, 5.74) is 5.37. The number of carbonyl (C=O) groups excluding carboxylic acids is 2. The van der Waals surface area contributed by atoms with Crippen molar-refractivity contribution in [1.82, 2.24) is 10.6 Å². The van der Waals surface area contributed by atoms with Gasteiger partial charge in [-0.15, -0.1) is 0 Å². The van der Waals surface area contributed by atoms with Crippen molar-refractivity contribution in [3.63, 3.8) is 0 Å². The Morgan fingerprint density at radius 1 is 1.29 bits per heavy atom. The summed E-state index contributed by atoms with van der Waals surface area (Å²) in [6.45, 7) is 4.78. The molecule has 0 heterocycles. The molecule has 5 nitrogen and oxygen atoms in total. The van der Waals surface area contributed by atoms with Gasteiger partial charge in [-0.05, 0) is 33.1 Å². The quantitative estimate of drug-likeness (QED) is 0.555. The minimum absolute atomic E-state index is 0.0100. The Hall–Kier alpha value is -1.10. The number of carbonyl (C=O) groups is 2. The van der Waals surface area contributed by atoms with E-state index < -0.39 is 0 Å². The third kappa shape index (κ3) is 6.94.